The minimum Gasteiger partial charge on any atom is -0.444 e. The molecule has 104 valence electrons. The highest BCUT2D eigenvalue weighted by molar-refractivity contribution is 5.84. The second-order valence-corrected chi connectivity index (χ2v) is 5.87. The second-order valence-electron chi connectivity index (χ2n) is 5.87. The summed E-state index contributed by atoms with van der Waals surface area (Å²) in [5.74, 6) is -0.234. The molecule has 1 amide bonds. The number of nitrogens with two attached hydrogens (primary N) is 1. The molecule has 1 aliphatic rings. The van der Waals surface area contributed by atoms with Crippen LogP contribution in [0.4, 0.5) is 14.9 Å². The maximum Gasteiger partial charge on any atom is 0.412 e. The predicted octanol–water partition coefficient (Wildman–Crippen LogP) is 2.99. The van der Waals surface area contributed by atoms with Crippen LogP contribution in [0.2, 0.25) is 0 Å². The van der Waals surface area contributed by atoms with Gasteiger partial charge >= 0.3 is 6.09 Å². The Morgan fingerprint density at radius 3 is 2.58 bits per heavy atom. The fraction of sp³-hybridized carbons (Fsp3) is 0.500. The summed E-state index contributed by atoms with van der Waals surface area (Å²) in [7, 11) is 0. The molecule has 4 nitrogen and oxygen atoms in total. The van der Waals surface area contributed by atoms with Crippen LogP contribution in [0.1, 0.15) is 38.7 Å². The van der Waals surface area contributed by atoms with E-state index in [9.17, 15) is 9.18 Å². The van der Waals surface area contributed by atoms with E-state index >= 15 is 0 Å². The Hall–Kier alpha value is -1.62. The van der Waals surface area contributed by atoms with Crippen molar-refractivity contribution < 1.29 is 13.9 Å². The Labute approximate surface area is 112 Å². The SMILES string of the molecule is CC(C)(C)OC(=O)Nc1ccc([C@@H]2C[C@H]2N)c(F)c1. The zero-order chi connectivity index (χ0) is 14.2. The molecule has 2 atom stereocenters. The summed E-state index contributed by atoms with van der Waals surface area (Å²) in [6.07, 6.45) is 0.221. The first-order valence-electron chi connectivity index (χ1n) is 6.31. The van der Waals surface area contributed by atoms with Crippen molar-refractivity contribution in [3.8, 4) is 0 Å². The smallest absolute Gasteiger partial charge is 0.412 e. The lowest BCUT2D eigenvalue weighted by Crippen LogP contribution is -2.27. The minimum absolute atomic E-state index is 0.0548. The third kappa shape index (κ3) is 3.67. The Balaban J connectivity index is 2.02. The van der Waals surface area contributed by atoms with Gasteiger partial charge in [-0.05, 0) is 44.9 Å². The molecule has 1 fully saturated rings. The quantitative estimate of drug-likeness (QED) is 0.865. The lowest BCUT2D eigenvalue weighted by molar-refractivity contribution is 0.0636. The zero-order valence-corrected chi connectivity index (χ0v) is 11.4. The van der Waals surface area contributed by atoms with Gasteiger partial charge in [0.1, 0.15) is 11.4 Å². The lowest BCUT2D eigenvalue weighted by atomic mass is 10.1. The van der Waals surface area contributed by atoms with Crippen LogP contribution in [-0.2, 0) is 4.74 Å². The fourth-order valence-electron chi connectivity index (χ4n) is 1.90. The van der Waals surface area contributed by atoms with Crippen LogP contribution < -0.4 is 11.1 Å². The van der Waals surface area contributed by atoms with Gasteiger partial charge in [0.25, 0.3) is 0 Å². The normalized spacial score (nSPS) is 21.9. The predicted molar refractivity (Wildman–Crippen MR) is 71.6 cm³/mol. The average Bonchev–Trinajstić information content (AvgIpc) is 2.92. The van der Waals surface area contributed by atoms with E-state index in [1.807, 2.05) is 0 Å². The Kier molecular flexibility index (Phi) is 3.49. The van der Waals surface area contributed by atoms with Crippen molar-refractivity contribution in [1.29, 1.82) is 0 Å². The number of nitrogens with one attached hydrogen (secondary N) is 1. The number of carbonyl (C=O) groups is 1. The van der Waals surface area contributed by atoms with Crippen molar-refractivity contribution in [2.24, 2.45) is 5.73 Å². The van der Waals surface area contributed by atoms with E-state index in [2.05, 4.69) is 5.32 Å². The van der Waals surface area contributed by atoms with Gasteiger partial charge in [-0.1, -0.05) is 6.07 Å². The van der Waals surface area contributed by atoms with Crippen molar-refractivity contribution in [2.45, 2.75) is 44.8 Å². The number of benzene rings is 1. The summed E-state index contributed by atoms with van der Waals surface area (Å²) in [6.45, 7) is 5.31. The molecular formula is C14H19FN2O2. The van der Waals surface area contributed by atoms with E-state index in [-0.39, 0.29) is 17.8 Å². The molecule has 0 spiro atoms. The molecule has 3 N–H and O–H groups in total. The van der Waals surface area contributed by atoms with Crippen LogP contribution in [0.25, 0.3) is 0 Å². The van der Waals surface area contributed by atoms with Crippen LogP contribution in [0.3, 0.4) is 0 Å². The van der Waals surface area contributed by atoms with Crippen molar-refractivity contribution in [2.75, 3.05) is 5.32 Å². The number of amides is 1. The number of carbonyl (C=O) groups excluding carboxylic acids is 1. The van der Waals surface area contributed by atoms with E-state index in [0.29, 0.717) is 11.3 Å². The summed E-state index contributed by atoms with van der Waals surface area (Å²) < 4.78 is 19.0. The van der Waals surface area contributed by atoms with Crippen LogP contribution in [0, 0.1) is 5.82 Å². The molecule has 0 bridgehead atoms. The molecule has 0 aromatic heterocycles. The van der Waals surface area contributed by atoms with Gasteiger partial charge < -0.3 is 10.5 Å². The average molecular weight is 266 g/mol. The molecule has 1 aromatic carbocycles. The highest BCUT2D eigenvalue weighted by Gasteiger charge is 2.36. The molecule has 1 saturated carbocycles. The largest absolute Gasteiger partial charge is 0.444 e. The third-order valence-corrected chi connectivity index (χ3v) is 2.89. The molecule has 0 unspecified atom stereocenters. The van der Waals surface area contributed by atoms with Crippen LogP contribution in [0.15, 0.2) is 18.2 Å². The highest BCUT2D eigenvalue weighted by atomic mass is 19.1. The van der Waals surface area contributed by atoms with Gasteiger partial charge in [0.2, 0.25) is 0 Å². The molecule has 1 aliphatic carbocycles. The Morgan fingerprint density at radius 2 is 2.11 bits per heavy atom. The number of hydrogen-bond acceptors (Lipinski definition) is 3. The van der Waals surface area contributed by atoms with Crippen molar-refractivity contribution >= 4 is 11.8 Å². The first-order valence-corrected chi connectivity index (χ1v) is 6.31. The fourth-order valence-corrected chi connectivity index (χ4v) is 1.90. The number of hydrogen-bond donors (Lipinski definition) is 2. The zero-order valence-electron chi connectivity index (χ0n) is 11.4. The van der Waals surface area contributed by atoms with Crippen LogP contribution >= 0.6 is 0 Å². The summed E-state index contributed by atoms with van der Waals surface area (Å²) >= 11 is 0. The summed E-state index contributed by atoms with van der Waals surface area (Å²) in [6, 6.07) is 4.68. The molecule has 19 heavy (non-hydrogen) atoms. The van der Waals surface area contributed by atoms with E-state index in [1.54, 1.807) is 32.9 Å². The van der Waals surface area contributed by atoms with E-state index in [0.717, 1.165) is 6.42 Å². The molecule has 2 rings (SSSR count). The first kappa shape index (κ1) is 13.8. The number of rotatable bonds is 2. The second kappa shape index (κ2) is 4.81. The molecule has 0 radical (unpaired) electrons. The van der Waals surface area contributed by atoms with Crippen LogP contribution in [0.5, 0.6) is 0 Å². The van der Waals surface area contributed by atoms with Gasteiger partial charge in [-0.15, -0.1) is 0 Å². The maximum absolute atomic E-state index is 13.9. The third-order valence-electron chi connectivity index (χ3n) is 2.89. The van der Waals surface area contributed by atoms with Gasteiger partial charge in [-0.3, -0.25) is 5.32 Å². The van der Waals surface area contributed by atoms with Crippen molar-refractivity contribution in [3.63, 3.8) is 0 Å². The maximum atomic E-state index is 13.9. The number of ether oxygens (including phenoxy) is 1. The van der Waals surface area contributed by atoms with Gasteiger partial charge in [-0.25, -0.2) is 9.18 Å². The molecule has 5 heteroatoms. The van der Waals surface area contributed by atoms with Crippen molar-refractivity contribution in [1.82, 2.24) is 0 Å². The van der Waals surface area contributed by atoms with E-state index in [4.69, 9.17) is 10.5 Å². The summed E-state index contributed by atoms with van der Waals surface area (Å²) in [4.78, 5) is 11.5. The summed E-state index contributed by atoms with van der Waals surface area (Å²) in [5, 5.41) is 2.50. The summed E-state index contributed by atoms with van der Waals surface area (Å²) in [5.41, 5.74) is 6.11. The molecule has 0 aliphatic heterocycles. The standard InChI is InChI=1S/C14H19FN2O2/c1-14(2,3)19-13(18)17-8-4-5-9(11(15)6-8)10-7-12(10)16/h4-6,10,12H,7,16H2,1-3H3,(H,17,18)/t10-,12+/m0/s1. The van der Waals surface area contributed by atoms with E-state index in [1.165, 1.54) is 6.07 Å². The topological polar surface area (TPSA) is 64.3 Å². The van der Waals surface area contributed by atoms with E-state index < -0.39 is 11.7 Å². The Bertz CT molecular complexity index is 497. The lowest BCUT2D eigenvalue weighted by Gasteiger charge is -2.19. The molecule has 1 aromatic rings. The van der Waals surface area contributed by atoms with Gasteiger partial charge in [0, 0.05) is 17.6 Å². The number of anilines is 1. The molecule has 0 saturated heterocycles. The van der Waals surface area contributed by atoms with Crippen molar-refractivity contribution in [3.05, 3.63) is 29.6 Å². The van der Waals surface area contributed by atoms with Crippen LogP contribution in [-0.4, -0.2) is 17.7 Å². The van der Waals surface area contributed by atoms with Gasteiger partial charge in [0.15, 0.2) is 0 Å². The minimum atomic E-state index is -0.595. The van der Waals surface area contributed by atoms with Gasteiger partial charge in [-0.2, -0.15) is 0 Å². The van der Waals surface area contributed by atoms with Gasteiger partial charge in [0.05, 0.1) is 0 Å². The number of halogens is 1. The monoisotopic (exact) mass is 266 g/mol. The first-order chi connectivity index (χ1) is 8.76. The Morgan fingerprint density at radius 1 is 1.47 bits per heavy atom. The highest BCUT2D eigenvalue weighted by Crippen LogP contribution is 2.40. The molecular weight excluding hydrogens is 247 g/mol. The molecule has 0 heterocycles.